The van der Waals surface area contributed by atoms with Crippen molar-refractivity contribution in [2.45, 2.75) is 10.8 Å². The number of carboxylic acid groups (broad SMARTS) is 1. The topological polar surface area (TPSA) is 54.4 Å². The van der Waals surface area contributed by atoms with Crippen LogP contribution in [0.5, 0.6) is 0 Å². The van der Waals surface area contributed by atoms with Gasteiger partial charge in [0.15, 0.2) is 0 Å². The van der Waals surface area contributed by atoms with E-state index in [0.717, 1.165) is 6.07 Å². The summed E-state index contributed by atoms with van der Waals surface area (Å²) in [6, 6.07) is 12.4. The lowest BCUT2D eigenvalue weighted by atomic mass is 10.1. The summed E-state index contributed by atoms with van der Waals surface area (Å²) in [6.45, 7) is 0. The fourth-order valence-corrected chi connectivity index (χ4v) is 2.94. The summed E-state index contributed by atoms with van der Waals surface area (Å²) in [5.41, 5.74) is -0.295. The molecule has 2 aromatic rings. The summed E-state index contributed by atoms with van der Waals surface area (Å²) in [5, 5.41) is 8.85. The van der Waals surface area contributed by atoms with Gasteiger partial charge in [-0.05, 0) is 18.2 Å². The van der Waals surface area contributed by atoms with E-state index < -0.39 is 28.4 Å². The quantitative estimate of drug-likeness (QED) is 0.922. The van der Waals surface area contributed by atoms with Crippen LogP contribution in [0.1, 0.15) is 15.9 Å². The van der Waals surface area contributed by atoms with Gasteiger partial charge in [0.25, 0.3) is 5.92 Å². The highest BCUT2D eigenvalue weighted by atomic mass is 32.2. The van der Waals surface area contributed by atoms with Gasteiger partial charge < -0.3 is 5.11 Å². The van der Waals surface area contributed by atoms with Crippen molar-refractivity contribution >= 4 is 16.8 Å². The first-order valence-corrected chi connectivity index (χ1v) is 7.37. The molecule has 0 fully saturated rings. The van der Waals surface area contributed by atoms with Gasteiger partial charge in [0.2, 0.25) is 0 Å². The van der Waals surface area contributed by atoms with E-state index in [1.165, 1.54) is 42.5 Å². The second kappa shape index (κ2) is 6.13. The molecule has 0 aliphatic carbocycles. The third kappa shape index (κ3) is 3.72. The zero-order valence-electron chi connectivity index (χ0n) is 10.8. The van der Waals surface area contributed by atoms with E-state index in [4.69, 9.17) is 5.11 Å². The molecule has 0 amide bonds. The smallest absolute Gasteiger partial charge is 0.335 e. The molecule has 0 radical (unpaired) electrons. The fraction of sp³-hybridized carbons (Fsp3) is 0.133. The predicted octanol–water partition coefficient (Wildman–Crippen LogP) is 3.28. The Morgan fingerprint density at radius 2 is 1.76 bits per heavy atom. The number of rotatable bonds is 5. The Morgan fingerprint density at radius 1 is 1.10 bits per heavy atom. The maximum absolute atomic E-state index is 14.0. The third-order valence-electron chi connectivity index (χ3n) is 2.85. The molecule has 0 aliphatic rings. The molecule has 0 saturated heterocycles. The van der Waals surface area contributed by atoms with Crippen molar-refractivity contribution in [2.75, 3.05) is 5.75 Å². The van der Waals surface area contributed by atoms with Crippen LogP contribution in [0.3, 0.4) is 0 Å². The summed E-state index contributed by atoms with van der Waals surface area (Å²) < 4.78 is 40.1. The van der Waals surface area contributed by atoms with Gasteiger partial charge in [0, 0.05) is 10.5 Å². The maximum atomic E-state index is 14.0. The SMILES string of the molecule is O=C(O)c1cccc(S(=O)CC(F)(F)c2ccccc2)c1. The van der Waals surface area contributed by atoms with Gasteiger partial charge in [-0.2, -0.15) is 0 Å². The van der Waals surface area contributed by atoms with Gasteiger partial charge in [-0.25, -0.2) is 13.6 Å². The van der Waals surface area contributed by atoms with Gasteiger partial charge in [-0.1, -0.05) is 36.4 Å². The summed E-state index contributed by atoms with van der Waals surface area (Å²) >= 11 is 0. The molecule has 1 unspecified atom stereocenters. The highest BCUT2D eigenvalue weighted by molar-refractivity contribution is 7.85. The molecule has 0 aromatic heterocycles. The summed E-state index contributed by atoms with van der Waals surface area (Å²) in [7, 11) is -1.99. The first-order valence-electron chi connectivity index (χ1n) is 6.05. The van der Waals surface area contributed by atoms with Crippen LogP contribution in [0, 0.1) is 0 Å². The average molecular weight is 310 g/mol. The van der Waals surface area contributed by atoms with Crippen molar-refractivity contribution in [1.82, 2.24) is 0 Å². The van der Waals surface area contributed by atoms with Crippen LogP contribution in [0.2, 0.25) is 0 Å². The van der Waals surface area contributed by atoms with Crippen LogP contribution in [-0.4, -0.2) is 21.0 Å². The molecule has 1 N–H and O–H groups in total. The highest BCUT2D eigenvalue weighted by Gasteiger charge is 2.34. The van der Waals surface area contributed by atoms with Crippen molar-refractivity contribution in [2.24, 2.45) is 0 Å². The lowest BCUT2D eigenvalue weighted by molar-refractivity contribution is 0.0222. The Bertz CT molecular complexity index is 672. The Morgan fingerprint density at radius 3 is 2.38 bits per heavy atom. The lowest BCUT2D eigenvalue weighted by Crippen LogP contribution is -2.22. The summed E-state index contributed by atoms with van der Waals surface area (Å²) in [6.07, 6.45) is 0. The monoisotopic (exact) mass is 310 g/mol. The molecule has 21 heavy (non-hydrogen) atoms. The second-order valence-corrected chi connectivity index (χ2v) is 5.84. The van der Waals surface area contributed by atoms with Gasteiger partial charge >= 0.3 is 5.97 Å². The van der Waals surface area contributed by atoms with E-state index in [1.54, 1.807) is 6.07 Å². The third-order valence-corrected chi connectivity index (χ3v) is 4.26. The van der Waals surface area contributed by atoms with E-state index >= 15 is 0 Å². The van der Waals surface area contributed by atoms with E-state index in [1.807, 2.05) is 0 Å². The van der Waals surface area contributed by atoms with Crippen molar-refractivity contribution in [3.8, 4) is 0 Å². The van der Waals surface area contributed by atoms with Crippen LogP contribution in [0.25, 0.3) is 0 Å². The minimum absolute atomic E-state index is 0.0745. The zero-order valence-corrected chi connectivity index (χ0v) is 11.6. The van der Waals surface area contributed by atoms with Gasteiger partial charge in [-0.15, -0.1) is 0 Å². The average Bonchev–Trinajstić information content (AvgIpc) is 2.48. The minimum Gasteiger partial charge on any atom is -0.478 e. The van der Waals surface area contributed by atoms with Crippen molar-refractivity contribution in [1.29, 1.82) is 0 Å². The molecular formula is C15H12F2O3S. The number of halogens is 2. The Hall–Kier alpha value is -2.08. The molecule has 2 rings (SSSR count). The maximum Gasteiger partial charge on any atom is 0.335 e. The largest absolute Gasteiger partial charge is 0.478 e. The van der Waals surface area contributed by atoms with Gasteiger partial charge in [0.05, 0.1) is 22.1 Å². The lowest BCUT2D eigenvalue weighted by Gasteiger charge is -2.16. The molecule has 3 nitrogen and oxygen atoms in total. The summed E-state index contributed by atoms with van der Waals surface area (Å²) in [4.78, 5) is 10.9. The molecule has 0 bridgehead atoms. The Balaban J connectivity index is 2.21. The summed E-state index contributed by atoms with van der Waals surface area (Å²) in [5.74, 6) is -5.32. The molecule has 110 valence electrons. The van der Waals surface area contributed by atoms with Crippen LogP contribution in [-0.2, 0) is 16.7 Å². The molecule has 0 heterocycles. The molecule has 0 aliphatic heterocycles. The van der Waals surface area contributed by atoms with Crippen LogP contribution < -0.4 is 0 Å². The zero-order chi connectivity index (χ0) is 15.5. The van der Waals surface area contributed by atoms with Crippen molar-refractivity contribution in [3.05, 3.63) is 65.7 Å². The van der Waals surface area contributed by atoms with Crippen LogP contribution in [0.4, 0.5) is 8.78 Å². The fourth-order valence-electron chi connectivity index (χ4n) is 1.78. The predicted molar refractivity (Wildman–Crippen MR) is 75.0 cm³/mol. The number of hydrogen-bond donors (Lipinski definition) is 1. The van der Waals surface area contributed by atoms with Crippen LogP contribution in [0.15, 0.2) is 59.5 Å². The number of hydrogen-bond acceptors (Lipinski definition) is 2. The minimum atomic E-state index is -3.24. The number of benzene rings is 2. The molecule has 0 spiro atoms. The van der Waals surface area contributed by atoms with Crippen molar-refractivity contribution < 1.29 is 22.9 Å². The number of carboxylic acids is 1. The molecule has 0 saturated carbocycles. The van der Waals surface area contributed by atoms with Gasteiger partial charge in [-0.3, -0.25) is 4.21 Å². The first-order chi connectivity index (χ1) is 9.90. The highest BCUT2D eigenvalue weighted by Crippen LogP contribution is 2.30. The molecule has 6 heteroatoms. The Kier molecular flexibility index (Phi) is 4.47. The normalized spacial score (nSPS) is 12.9. The van der Waals surface area contributed by atoms with E-state index in [2.05, 4.69) is 0 Å². The van der Waals surface area contributed by atoms with E-state index in [0.29, 0.717) is 0 Å². The van der Waals surface area contributed by atoms with Gasteiger partial charge in [0.1, 0.15) is 0 Å². The molecule has 2 aromatic carbocycles. The number of carbonyl (C=O) groups is 1. The molecule has 1 atom stereocenters. The van der Waals surface area contributed by atoms with Crippen LogP contribution >= 0.6 is 0 Å². The van der Waals surface area contributed by atoms with Crippen molar-refractivity contribution in [3.63, 3.8) is 0 Å². The van der Waals surface area contributed by atoms with E-state index in [-0.39, 0.29) is 16.0 Å². The number of aromatic carboxylic acids is 1. The van der Waals surface area contributed by atoms with E-state index in [9.17, 15) is 17.8 Å². The first kappa shape index (κ1) is 15.3. The Labute approximate surface area is 122 Å². The molecular weight excluding hydrogens is 298 g/mol. The second-order valence-electron chi connectivity index (χ2n) is 4.39. The standard InChI is InChI=1S/C15H12F2O3S/c16-15(17,12-6-2-1-3-7-12)10-21(20)13-8-4-5-11(9-13)14(18)19/h1-9H,10H2,(H,18,19). The number of alkyl halides is 2.